The molecule has 0 saturated carbocycles. The summed E-state index contributed by atoms with van der Waals surface area (Å²) in [5.74, 6) is 1.87. The molecule has 0 saturated heterocycles. The molecule has 0 amide bonds. The fourth-order valence-corrected chi connectivity index (χ4v) is 10.8. The molecular formula is C49H29N3OSe. The van der Waals surface area contributed by atoms with Crippen LogP contribution in [-0.4, -0.2) is 29.5 Å². The Morgan fingerprint density at radius 3 is 1.57 bits per heavy atom. The van der Waals surface area contributed by atoms with Crippen LogP contribution < -0.4 is 0 Å². The molecule has 0 aliphatic carbocycles. The zero-order chi connectivity index (χ0) is 35.6. The Kier molecular flexibility index (Phi) is 7.16. The molecule has 0 fully saturated rings. The first-order valence-electron chi connectivity index (χ1n) is 18.0. The number of hydrogen-bond acceptors (Lipinski definition) is 4. The third kappa shape index (κ3) is 4.94. The van der Waals surface area contributed by atoms with Crippen molar-refractivity contribution in [2.75, 3.05) is 0 Å². The number of nitrogens with zero attached hydrogens (tertiary/aromatic N) is 3. The van der Waals surface area contributed by atoms with Crippen molar-refractivity contribution in [2.24, 2.45) is 0 Å². The molecule has 0 radical (unpaired) electrons. The van der Waals surface area contributed by atoms with Gasteiger partial charge in [0.05, 0.1) is 0 Å². The van der Waals surface area contributed by atoms with Gasteiger partial charge >= 0.3 is 272 Å². The molecule has 0 spiro atoms. The molecule has 11 rings (SSSR count). The van der Waals surface area contributed by atoms with Crippen molar-refractivity contribution >= 4 is 66.5 Å². The Labute approximate surface area is 316 Å². The van der Waals surface area contributed by atoms with Gasteiger partial charge in [0, 0.05) is 0 Å². The van der Waals surface area contributed by atoms with E-state index in [-0.39, 0.29) is 14.5 Å². The average molecular weight is 755 g/mol. The van der Waals surface area contributed by atoms with Crippen molar-refractivity contribution in [3.8, 4) is 56.4 Å². The number of fused-ring (bicyclic) bond motifs is 7. The van der Waals surface area contributed by atoms with Crippen LogP contribution >= 0.6 is 0 Å². The van der Waals surface area contributed by atoms with E-state index in [0.29, 0.717) is 17.5 Å². The summed E-state index contributed by atoms with van der Waals surface area (Å²) in [6.45, 7) is 0. The molecule has 0 aliphatic heterocycles. The Bertz CT molecular complexity index is 3220. The summed E-state index contributed by atoms with van der Waals surface area (Å²) in [4.78, 5) is 15.5. The van der Waals surface area contributed by atoms with Crippen LogP contribution in [0.3, 0.4) is 0 Å². The molecule has 0 atom stereocenters. The van der Waals surface area contributed by atoms with Crippen molar-refractivity contribution in [1.82, 2.24) is 15.0 Å². The SMILES string of the molecule is c1ccc(-c2nc(-c3ccc(-c4cccc5c4[se]c4c(-c6ccccc6)cccc45)c4ccccc34)nc(-c3cccc4oc5ccccc5c34)n2)cc1. The van der Waals surface area contributed by atoms with Gasteiger partial charge in [-0.1, -0.05) is 24.3 Å². The molecule has 5 heteroatoms. The number of rotatable bonds is 5. The van der Waals surface area contributed by atoms with E-state index in [2.05, 4.69) is 127 Å². The second-order valence-corrected chi connectivity index (χ2v) is 15.6. The third-order valence-electron chi connectivity index (χ3n) is 10.4. The van der Waals surface area contributed by atoms with Gasteiger partial charge < -0.3 is 4.42 Å². The number of hydrogen-bond donors (Lipinski definition) is 0. The summed E-state index contributed by atoms with van der Waals surface area (Å²) in [6, 6.07) is 61.9. The molecule has 54 heavy (non-hydrogen) atoms. The first-order valence-corrected chi connectivity index (χ1v) is 19.7. The van der Waals surface area contributed by atoms with E-state index >= 15 is 0 Å². The Balaban J connectivity index is 1.13. The van der Waals surface area contributed by atoms with Gasteiger partial charge in [0.25, 0.3) is 0 Å². The van der Waals surface area contributed by atoms with Crippen LogP contribution in [0, 0.1) is 0 Å². The topological polar surface area (TPSA) is 51.8 Å². The van der Waals surface area contributed by atoms with E-state index in [4.69, 9.17) is 19.4 Å². The van der Waals surface area contributed by atoms with Crippen LogP contribution in [0.1, 0.15) is 0 Å². The van der Waals surface area contributed by atoms with Crippen molar-refractivity contribution in [3.05, 3.63) is 176 Å². The maximum absolute atomic E-state index is 6.27. The van der Waals surface area contributed by atoms with Crippen molar-refractivity contribution in [1.29, 1.82) is 0 Å². The van der Waals surface area contributed by atoms with E-state index in [9.17, 15) is 0 Å². The zero-order valence-electron chi connectivity index (χ0n) is 28.9. The number of aromatic nitrogens is 3. The van der Waals surface area contributed by atoms with E-state index in [1.54, 1.807) is 0 Å². The van der Waals surface area contributed by atoms with Crippen molar-refractivity contribution in [2.45, 2.75) is 0 Å². The maximum atomic E-state index is 6.27. The van der Waals surface area contributed by atoms with Gasteiger partial charge in [0.2, 0.25) is 0 Å². The summed E-state index contributed by atoms with van der Waals surface area (Å²) in [6.07, 6.45) is 0. The van der Waals surface area contributed by atoms with E-state index < -0.39 is 0 Å². The van der Waals surface area contributed by atoms with Gasteiger partial charge in [-0.25, -0.2) is 0 Å². The Morgan fingerprint density at radius 2 is 0.815 bits per heavy atom. The second kappa shape index (κ2) is 12.5. The first kappa shape index (κ1) is 30.9. The van der Waals surface area contributed by atoms with Gasteiger partial charge in [0.1, 0.15) is 5.58 Å². The van der Waals surface area contributed by atoms with Crippen LogP contribution in [0.2, 0.25) is 0 Å². The van der Waals surface area contributed by atoms with Gasteiger partial charge in [-0.15, -0.1) is 0 Å². The van der Waals surface area contributed by atoms with Crippen LogP contribution in [0.25, 0.3) is 108 Å². The summed E-state index contributed by atoms with van der Waals surface area (Å²) >= 11 is 0.138. The van der Waals surface area contributed by atoms with E-state index in [0.717, 1.165) is 44.0 Å². The molecule has 3 aromatic heterocycles. The minimum atomic E-state index is 0.138. The molecule has 0 bridgehead atoms. The molecule has 11 aromatic rings. The molecule has 0 aliphatic rings. The number of furan rings is 1. The standard InChI is InChI=1S/C49H29N3OSe/c1-3-14-30(15-4-1)32-21-11-23-37-38-24-12-22-36(46(38)54-45(32)37)35-28-29-39(34-19-8-7-18-33(34)35)48-50-47(31-16-5-2-6-17-31)51-49(52-48)41-25-13-27-43-44(41)40-20-9-10-26-42(40)53-43/h1-29H. The van der Waals surface area contributed by atoms with E-state index in [1.165, 1.54) is 46.9 Å². The monoisotopic (exact) mass is 755 g/mol. The van der Waals surface area contributed by atoms with Gasteiger partial charge in [0.15, 0.2) is 0 Å². The quantitative estimate of drug-likeness (QED) is 0.164. The Morgan fingerprint density at radius 1 is 0.315 bits per heavy atom. The summed E-state index contributed by atoms with van der Waals surface area (Å²) in [7, 11) is 0. The predicted octanol–water partition coefficient (Wildman–Crippen LogP) is 12.6. The molecular weight excluding hydrogens is 726 g/mol. The molecule has 8 aromatic carbocycles. The van der Waals surface area contributed by atoms with Crippen LogP contribution in [0.4, 0.5) is 0 Å². The molecule has 0 N–H and O–H groups in total. The summed E-state index contributed by atoms with van der Waals surface area (Å²) in [5.41, 5.74) is 9.55. The van der Waals surface area contributed by atoms with Crippen LogP contribution in [0.15, 0.2) is 180 Å². The fourth-order valence-electron chi connectivity index (χ4n) is 7.90. The van der Waals surface area contributed by atoms with Gasteiger partial charge in [-0.2, -0.15) is 0 Å². The normalized spacial score (nSPS) is 11.7. The van der Waals surface area contributed by atoms with Crippen LogP contribution in [-0.2, 0) is 0 Å². The number of para-hydroxylation sites is 1. The van der Waals surface area contributed by atoms with Gasteiger partial charge in [-0.05, 0) is 12.1 Å². The molecule has 4 nitrogen and oxygen atoms in total. The zero-order valence-corrected chi connectivity index (χ0v) is 30.6. The first-order chi connectivity index (χ1) is 26.8. The van der Waals surface area contributed by atoms with Crippen molar-refractivity contribution < 1.29 is 4.42 Å². The minimum absolute atomic E-state index is 0.138. The summed E-state index contributed by atoms with van der Waals surface area (Å²) < 4.78 is 9.15. The predicted molar refractivity (Wildman–Crippen MR) is 224 cm³/mol. The fraction of sp³-hybridized carbons (Fsp3) is 0. The summed E-state index contributed by atoms with van der Waals surface area (Å²) in [5, 5.41) is 7.00. The van der Waals surface area contributed by atoms with E-state index in [1.807, 2.05) is 48.5 Å². The average Bonchev–Trinajstić information content (AvgIpc) is 3.83. The van der Waals surface area contributed by atoms with Crippen LogP contribution in [0.5, 0.6) is 0 Å². The second-order valence-electron chi connectivity index (χ2n) is 13.5. The van der Waals surface area contributed by atoms with Gasteiger partial charge in [-0.3, -0.25) is 0 Å². The van der Waals surface area contributed by atoms with Crippen molar-refractivity contribution in [3.63, 3.8) is 0 Å². The molecule has 252 valence electrons. The third-order valence-corrected chi connectivity index (χ3v) is 13.1. The molecule has 0 unspecified atom stereocenters. The molecule has 3 heterocycles. The Hall–Kier alpha value is -6.65. The number of benzene rings is 8.